The lowest BCUT2D eigenvalue weighted by Crippen LogP contribution is -2.36. The number of carbonyl (C=O) groups excluding carboxylic acids is 1. The van der Waals surface area contributed by atoms with Gasteiger partial charge in [-0.3, -0.25) is 0 Å². The van der Waals surface area contributed by atoms with Crippen molar-refractivity contribution in [2.45, 2.75) is 33.7 Å². The molecule has 0 aliphatic carbocycles. The van der Waals surface area contributed by atoms with Crippen LogP contribution in [0.25, 0.3) is 5.69 Å². The molecular weight excluding hydrogens is 334 g/mol. The average Bonchev–Trinajstić information content (AvgIpc) is 2.95. The molecule has 0 spiro atoms. The second-order valence-corrected chi connectivity index (χ2v) is 6.91. The third kappa shape index (κ3) is 4.79. The van der Waals surface area contributed by atoms with Crippen LogP contribution in [0.1, 0.15) is 28.1 Å². The Hall–Kier alpha value is -3.01. The Balaban J connectivity index is 1.56. The molecule has 1 heterocycles. The largest absolute Gasteiger partial charge is 0.338 e. The molecule has 3 rings (SSSR count). The highest BCUT2D eigenvalue weighted by Gasteiger charge is 2.11. The van der Waals surface area contributed by atoms with Gasteiger partial charge in [-0.1, -0.05) is 48.0 Å². The van der Waals surface area contributed by atoms with Crippen LogP contribution in [-0.4, -0.2) is 17.1 Å². The summed E-state index contributed by atoms with van der Waals surface area (Å²) in [5, 5.41) is 5.89. The molecule has 0 bridgehead atoms. The molecule has 0 saturated carbocycles. The monoisotopic (exact) mass is 361 g/mol. The first-order valence-electron chi connectivity index (χ1n) is 9.35. The summed E-state index contributed by atoms with van der Waals surface area (Å²) in [6.45, 7) is 7.42. The lowest BCUT2D eigenvalue weighted by molar-refractivity contribution is 0.240. The number of urea groups is 1. The Labute approximate surface area is 161 Å². The predicted molar refractivity (Wildman–Crippen MR) is 110 cm³/mol. The van der Waals surface area contributed by atoms with Gasteiger partial charge in [0.1, 0.15) is 0 Å². The van der Waals surface area contributed by atoms with Crippen molar-refractivity contribution in [3.05, 3.63) is 88.7 Å². The molecule has 0 saturated heterocycles. The molecule has 2 aromatic carbocycles. The normalized spacial score (nSPS) is 10.6. The van der Waals surface area contributed by atoms with E-state index in [0.29, 0.717) is 13.1 Å². The third-order valence-corrected chi connectivity index (χ3v) is 4.81. The molecule has 0 aliphatic heterocycles. The van der Waals surface area contributed by atoms with Gasteiger partial charge in [0.25, 0.3) is 0 Å². The summed E-state index contributed by atoms with van der Waals surface area (Å²) in [5.41, 5.74) is 7.06. The molecule has 1 aromatic heterocycles. The van der Waals surface area contributed by atoms with Gasteiger partial charge in [0.2, 0.25) is 0 Å². The maximum Gasteiger partial charge on any atom is 0.315 e. The van der Waals surface area contributed by atoms with Gasteiger partial charge >= 0.3 is 6.03 Å². The first kappa shape index (κ1) is 18.8. The van der Waals surface area contributed by atoms with E-state index in [1.807, 2.05) is 18.2 Å². The van der Waals surface area contributed by atoms with E-state index in [9.17, 15) is 4.79 Å². The number of aryl methyl sites for hydroxylation is 2. The highest BCUT2D eigenvalue weighted by atomic mass is 16.2. The maximum absolute atomic E-state index is 12.1. The molecule has 0 atom stereocenters. The van der Waals surface area contributed by atoms with E-state index in [1.165, 1.54) is 11.1 Å². The van der Waals surface area contributed by atoms with Crippen LogP contribution in [0.3, 0.4) is 0 Å². The molecule has 0 aliphatic rings. The minimum atomic E-state index is -0.133. The quantitative estimate of drug-likeness (QED) is 0.670. The molecule has 0 fully saturated rings. The third-order valence-electron chi connectivity index (χ3n) is 4.81. The van der Waals surface area contributed by atoms with Crippen LogP contribution in [0.2, 0.25) is 0 Å². The molecular formula is C23H27N3O. The number of amides is 2. The molecule has 0 unspecified atom stereocenters. The number of nitrogens with one attached hydrogen (secondary N) is 2. The number of nitrogens with zero attached hydrogens (tertiary/aromatic N) is 1. The van der Waals surface area contributed by atoms with Gasteiger partial charge in [0.15, 0.2) is 0 Å². The van der Waals surface area contributed by atoms with Gasteiger partial charge < -0.3 is 15.2 Å². The fraction of sp³-hybridized carbons (Fsp3) is 0.261. The summed E-state index contributed by atoms with van der Waals surface area (Å²) in [6, 6.07) is 20.7. The van der Waals surface area contributed by atoms with Crippen LogP contribution in [0.4, 0.5) is 4.79 Å². The number of rotatable bonds is 6. The fourth-order valence-electron chi connectivity index (χ4n) is 3.30. The number of carbonyl (C=O) groups is 1. The Morgan fingerprint density at radius 2 is 1.63 bits per heavy atom. The first-order chi connectivity index (χ1) is 13.0. The van der Waals surface area contributed by atoms with Crippen LogP contribution in [-0.2, 0) is 13.0 Å². The average molecular weight is 361 g/mol. The summed E-state index contributed by atoms with van der Waals surface area (Å²) >= 11 is 0. The second kappa shape index (κ2) is 8.58. The zero-order valence-corrected chi connectivity index (χ0v) is 16.3. The highest BCUT2D eigenvalue weighted by Crippen LogP contribution is 2.21. The van der Waals surface area contributed by atoms with Crippen molar-refractivity contribution in [3.63, 3.8) is 0 Å². The highest BCUT2D eigenvalue weighted by molar-refractivity contribution is 5.73. The Morgan fingerprint density at radius 1 is 0.926 bits per heavy atom. The second-order valence-electron chi connectivity index (χ2n) is 6.91. The van der Waals surface area contributed by atoms with Crippen molar-refractivity contribution in [1.29, 1.82) is 0 Å². The van der Waals surface area contributed by atoms with Crippen molar-refractivity contribution in [1.82, 2.24) is 15.2 Å². The van der Waals surface area contributed by atoms with E-state index < -0.39 is 0 Å². The molecule has 2 N–H and O–H groups in total. The van der Waals surface area contributed by atoms with E-state index in [0.717, 1.165) is 29.1 Å². The standard InChI is InChI=1S/C23H27N3O/c1-17-9-11-22(12-10-17)26-18(2)15-21(19(26)3)16-25-23(27)24-14-13-20-7-5-4-6-8-20/h4-12,15H,13-14,16H2,1-3H3,(H2,24,25,27). The van der Waals surface area contributed by atoms with Gasteiger partial charge in [-0.25, -0.2) is 4.79 Å². The topological polar surface area (TPSA) is 46.1 Å². The minimum absolute atomic E-state index is 0.133. The summed E-state index contributed by atoms with van der Waals surface area (Å²) in [5.74, 6) is 0. The summed E-state index contributed by atoms with van der Waals surface area (Å²) in [6.07, 6.45) is 0.830. The lowest BCUT2D eigenvalue weighted by Gasteiger charge is -2.11. The summed E-state index contributed by atoms with van der Waals surface area (Å²) in [4.78, 5) is 12.1. The molecule has 27 heavy (non-hydrogen) atoms. The van der Waals surface area contributed by atoms with E-state index >= 15 is 0 Å². The SMILES string of the molecule is Cc1ccc(-n2c(C)cc(CNC(=O)NCCc3ccccc3)c2C)cc1. The molecule has 3 aromatic rings. The lowest BCUT2D eigenvalue weighted by atomic mass is 10.1. The fourth-order valence-corrected chi connectivity index (χ4v) is 3.30. The Bertz CT molecular complexity index is 895. The Morgan fingerprint density at radius 3 is 2.33 bits per heavy atom. The van der Waals surface area contributed by atoms with Crippen molar-refractivity contribution in [3.8, 4) is 5.69 Å². The Kier molecular flexibility index (Phi) is 5.97. The van der Waals surface area contributed by atoms with Crippen LogP contribution in [0.5, 0.6) is 0 Å². The first-order valence-corrected chi connectivity index (χ1v) is 9.35. The van der Waals surface area contributed by atoms with Gasteiger partial charge in [-0.15, -0.1) is 0 Å². The number of hydrogen-bond acceptors (Lipinski definition) is 1. The smallest absolute Gasteiger partial charge is 0.315 e. The van der Waals surface area contributed by atoms with Crippen molar-refractivity contribution < 1.29 is 4.79 Å². The molecule has 4 nitrogen and oxygen atoms in total. The van der Waals surface area contributed by atoms with Crippen molar-refractivity contribution in [2.75, 3.05) is 6.54 Å². The number of aromatic nitrogens is 1. The van der Waals surface area contributed by atoms with Gasteiger partial charge in [-0.05, 0) is 56.5 Å². The maximum atomic E-state index is 12.1. The molecule has 4 heteroatoms. The predicted octanol–water partition coefficient (Wildman–Crippen LogP) is 4.44. The van der Waals surface area contributed by atoms with Crippen LogP contribution in [0.15, 0.2) is 60.7 Å². The number of hydrogen-bond donors (Lipinski definition) is 2. The van der Waals surface area contributed by atoms with Crippen molar-refractivity contribution in [2.24, 2.45) is 0 Å². The van der Waals surface area contributed by atoms with Crippen molar-refractivity contribution >= 4 is 6.03 Å². The summed E-state index contributed by atoms with van der Waals surface area (Å²) in [7, 11) is 0. The zero-order chi connectivity index (χ0) is 19.2. The minimum Gasteiger partial charge on any atom is -0.338 e. The molecule has 2 amide bonds. The van der Waals surface area contributed by atoms with Gasteiger partial charge in [0, 0.05) is 30.2 Å². The zero-order valence-electron chi connectivity index (χ0n) is 16.3. The van der Waals surface area contributed by atoms with E-state index in [1.54, 1.807) is 0 Å². The summed E-state index contributed by atoms with van der Waals surface area (Å²) < 4.78 is 2.23. The molecule has 0 radical (unpaired) electrons. The van der Waals surface area contributed by atoms with E-state index in [2.05, 4.69) is 78.4 Å². The van der Waals surface area contributed by atoms with E-state index in [-0.39, 0.29) is 6.03 Å². The van der Waals surface area contributed by atoms with Gasteiger partial charge in [0.05, 0.1) is 0 Å². The number of benzene rings is 2. The van der Waals surface area contributed by atoms with Gasteiger partial charge in [-0.2, -0.15) is 0 Å². The van der Waals surface area contributed by atoms with E-state index in [4.69, 9.17) is 0 Å². The van der Waals surface area contributed by atoms with Crippen LogP contribution >= 0.6 is 0 Å². The molecule has 140 valence electrons. The van der Waals surface area contributed by atoms with Crippen LogP contribution in [0, 0.1) is 20.8 Å². The van der Waals surface area contributed by atoms with Crippen LogP contribution < -0.4 is 10.6 Å².